The topological polar surface area (TPSA) is 12.4 Å². The van der Waals surface area contributed by atoms with Crippen LogP contribution in [0.1, 0.15) is 39.2 Å². The molecule has 0 unspecified atom stereocenters. The van der Waals surface area contributed by atoms with Gasteiger partial charge >= 0.3 is 0 Å². The molecule has 1 nitrogen and oxygen atoms in total. The summed E-state index contributed by atoms with van der Waals surface area (Å²) in [6.07, 6.45) is 4.72. The lowest BCUT2D eigenvalue weighted by molar-refractivity contribution is 0.395. The van der Waals surface area contributed by atoms with Crippen molar-refractivity contribution in [2.45, 2.75) is 40.2 Å². The Kier molecular flexibility index (Phi) is 4.35. The molecule has 0 aliphatic heterocycles. The van der Waals surface area contributed by atoms with Gasteiger partial charge in [0.05, 0.1) is 6.54 Å². The van der Waals surface area contributed by atoms with E-state index in [0.717, 1.165) is 24.8 Å². The van der Waals surface area contributed by atoms with E-state index in [1.54, 1.807) is 0 Å². The van der Waals surface area contributed by atoms with Crippen LogP contribution in [0.5, 0.6) is 0 Å². The number of hydrogen-bond donors (Lipinski definition) is 0. The normalized spacial score (nSPS) is 22.3. The number of allylic oxidation sites excluding steroid dienone is 2. The second kappa shape index (κ2) is 5.99. The van der Waals surface area contributed by atoms with Crippen molar-refractivity contribution in [3.05, 3.63) is 47.5 Å². The molecule has 0 spiro atoms. The Morgan fingerprint density at radius 1 is 1.22 bits per heavy atom. The molecule has 0 heterocycles. The Morgan fingerprint density at radius 2 is 1.94 bits per heavy atom. The summed E-state index contributed by atoms with van der Waals surface area (Å²) in [6.45, 7) is 7.63. The zero-order chi connectivity index (χ0) is 13.0. The SMILES string of the molecule is CC1=CC[C@@H](C(C)C)CC1=NCc1ccccc1. The lowest BCUT2D eigenvalue weighted by atomic mass is 9.81. The molecule has 96 valence electrons. The van der Waals surface area contributed by atoms with Gasteiger partial charge in [-0.25, -0.2) is 0 Å². The minimum Gasteiger partial charge on any atom is -0.285 e. The second-order valence-corrected chi connectivity index (χ2v) is 5.58. The van der Waals surface area contributed by atoms with E-state index in [4.69, 9.17) is 4.99 Å². The summed E-state index contributed by atoms with van der Waals surface area (Å²) < 4.78 is 0. The van der Waals surface area contributed by atoms with Gasteiger partial charge in [0.15, 0.2) is 0 Å². The largest absolute Gasteiger partial charge is 0.285 e. The van der Waals surface area contributed by atoms with Gasteiger partial charge in [0.25, 0.3) is 0 Å². The lowest BCUT2D eigenvalue weighted by Crippen LogP contribution is -2.19. The van der Waals surface area contributed by atoms with Crippen LogP contribution < -0.4 is 0 Å². The van der Waals surface area contributed by atoms with Crippen molar-refractivity contribution in [2.24, 2.45) is 16.8 Å². The summed E-state index contributed by atoms with van der Waals surface area (Å²) in [6, 6.07) is 10.5. The Bertz CT molecular complexity index is 440. The quantitative estimate of drug-likeness (QED) is 0.731. The van der Waals surface area contributed by atoms with Crippen LogP contribution >= 0.6 is 0 Å². The molecule has 1 atom stereocenters. The molecule has 18 heavy (non-hydrogen) atoms. The zero-order valence-electron chi connectivity index (χ0n) is 11.7. The van der Waals surface area contributed by atoms with Crippen molar-refractivity contribution in [1.82, 2.24) is 0 Å². The van der Waals surface area contributed by atoms with Crippen LogP contribution in [0.15, 0.2) is 47.0 Å². The highest BCUT2D eigenvalue weighted by atomic mass is 14.7. The first-order chi connectivity index (χ1) is 8.66. The van der Waals surface area contributed by atoms with Gasteiger partial charge in [-0.1, -0.05) is 50.3 Å². The Balaban J connectivity index is 2.07. The van der Waals surface area contributed by atoms with Gasteiger partial charge < -0.3 is 0 Å². The van der Waals surface area contributed by atoms with Crippen LogP contribution in [-0.4, -0.2) is 5.71 Å². The first-order valence-electron chi connectivity index (χ1n) is 6.91. The summed E-state index contributed by atoms with van der Waals surface area (Å²) in [5.74, 6) is 1.51. The Morgan fingerprint density at radius 3 is 2.61 bits per heavy atom. The molecule has 0 radical (unpaired) electrons. The standard InChI is InChI=1S/C17H23N/c1-13(2)16-10-9-14(3)17(11-16)18-12-15-7-5-4-6-8-15/h4-9,13,16H,10-12H2,1-3H3/t16-/m1/s1. The van der Waals surface area contributed by atoms with Crippen LogP contribution in [0.3, 0.4) is 0 Å². The highest BCUT2D eigenvalue weighted by Gasteiger charge is 2.20. The smallest absolute Gasteiger partial charge is 0.0643 e. The number of aliphatic imine (C=N–C) groups is 1. The van der Waals surface area contributed by atoms with Crippen molar-refractivity contribution in [3.63, 3.8) is 0 Å². The maximum absolute atomic E-state index is 4.82. The third kappa shape index (κ3) is 3.32. The monoisotopic (exact) mass is 241 g/mol. The minimum absolute atomic E-state index is 0.747. The van der Waals surface area contributed by atoms with Gasteiger partial charge in [-0.05, 0) is 42.7 Å². The fourth-order valence-corrected chi connectivity index (χ4v) is 2.41. The number of benzene rings is 1. The van der Waals surface area contributed by atoms with E-state index in [1.807, 2.05) is 0 Å². The molecule has 0 bridgehead atoms. The average molecular weight is 241 g/mol. The van der Waals surface area contributed by atoms with E-state index in [-0.39, 0.29) is 0 Å². The molecule has 1 aromatic rings. The Hall–Kier alpha value is -1.37. The van der Waals surface area contributed by atoms with Crippen molar-refractivity contribution >= 4 is 5.71 Å². The zero-order valence-corrected chi connectivity index (χ0v) is 11.7. The lowest BCUT2D eigenvalue weighted by Gasteiger charge is -2.25. The molecule has 1 heteroatoms. The van der Waals surface area contributed by atoms with Crippen LogP contribution in [0.25, 0.3) is 0 Å². The van der Waals surface area contributed by atoms with E-state index in [2.05, 4.69) is 57.2 Å². The predicted octanol–water partition coefficient (Wildman–Crippen LogP) is 4.64. The molecular formula is C17H23N. The molecule has 2 rings (SSSR count). The maximum Gasteiger partial charge on any atom is 0.0643 e. The maximum atomic E-state index is 4.82. The van der Waals surface area contributed by atoms with Crippen molar-refractivity contribution < 1.29 is 0 Å². The highest BCUT2D eigenvalue weighted by Crippen LogP contribution is 2.27. The van der Waals surface area contributed by atoms with Gasteiger partial charge in [0.1, 0.15) is 0 Å². The van der Waals surface area contributed by atoms with E-state index in [1.165, 1.54) is 23.3 Å². The van der Waals surface area contributed by atoms with Gasteiger partial charge in [-0.3, -0.25) is 4.99 Å². The fraction of sp³-hybridized carbons (Fsp3) is 0.471. The second-order valence-electron chi connectivity index (χ2n) is 5.58. The van der Waals surface area contributed by atoms with Crippen LogP contribution in [0, 0.1) is 11.8 Å². The van der Waals surface area contributed by atoms with Gasteiger partial charge in [0, 0.05) is 5.71 Å². The fourth-order valence-electron chi connectivity index (χ4n) is 2.41. The van der Waals surface area contributed by atoms with E-state index in [9.17, 15) is 0 Å². The molecule has 0 N–H and O–H groups in total. The molecule has 1 aliphatic rings. The van der Waals surface area contributed by atoms with Crippen molar-refractivity contribution in [3.8, 4) is 0 Å². The first-order valence-corrected chi connectivity index (χ1v) is 6.91. The number of hydrogen-bond acceptors (Lipinski definition) is 1. The van der Waals surface area contributed by atoms with Gasteiger partial charge in [-0.15, -0.1) is 0 Å². The molecule has 0 saturated carbocycles. The summed E-state index contributed by atoms with van der Waals surface area (Å²) >= 11 is 0. The average Bonchev–Trinajstić information content (AvgIpc) is 2.38. The summed E-state index contributed by atoms with van der Waals surface area (Å²) in [5.41, 5.74) is 3.98. The Labute approximate surface area is 111 Å². The van der Waals surface area contributed by atoms with Gasteiger partial charge in [-0.2, -0.15) is 0 Å². The third-order valence-corrected chi connectivity index (χ3v) is 3.88. The summed E-state index contributed by atoms with van der Waals surface area (Å²) in [7, 11) is 0. The third-order valence-electron chi connectivity index (χ3n) is 3.88. The summed E-state index contributed by atoms with van der Waals surface area (Å²) in [4.78, 5) is 4.82. The van der Waals surface area contributed by atoms with Crippen molar-refractivity contribution in [1.29, 1.82) is 0 Å². The molecular weight excluding hydrogens is 218 g/mol. The molecule has 0 amide bonds. The predicted molar refractivity (Wildman–Crippen MR) is 78.9 cm³/mol. The first kappa shape index (κ1) is 13.1. The number of nitrogens with zero attached hydrogens (tertiary/aromatic N) is 1. The van der Waals surface area contributed by atoms with Crippen molar-refractivity contribution in [2.75, 3.05) is 0 Å². The molecule has 0 fully saturated rings. The van der Waals surface area contributed by atoms with Crippen LogP contribution in [0.4, 0.5) is 0 Å². The van der Waals surface area contributed by atoms with Crippen LogP contribution in [-0.2, 0) is 6.54 Å². The molecule has 0 saturated heterocycles. The van der Waals surface area contributed by atoms with E-state index >= 15 is 0 Å². The molecule has 1 aromatic carbocycles. The highest BCUT2D eigenvalue weighted by molar-refractivity contribution is 6.00. The van der Waals surface area contributed by atoms with E-state index < -0.39 is 0 Å². The number of rotatable bonds is 3. The molecule has 0 aromatic heterocycles. The summed E-state index contributed by atoms with van der Waals surface area (Å²) in [5, 5.41) is 0. The van der Waals surface area contributed by atoms with Gasteiger partial charge in [0.2, 0.25) is 0 Å². The van der Waals surface area contributed by atoms with Crippen LogP contribution in [0.2, 0.25) is 0 Å². The minimum atomic E-state index is 0.747. The molecule has 1 aliphatic carbocycles. The van der Waals surface area contributed by atoms with E-state index in [0.29, 0.717) is 0 Å².